The zero-order valence-electron chi connectivity index (χ0n) is 10.7. The van der Waals surface area contributed by atoms with E-state index in [2.05, 4.69) is 16.2 Å². The Hall–Kier alpha value is -0.810. The minimum Gasteiger partial charge on any atom is -0.317 e. The van der Waals surface area contributed by atoms with Crippen LogP contribution in [0.5, 0.6) is 0 Å². The maximum atomic E-state index is 11.8. The normalized spacial score (nSPS) is 14.9. The van der Waals surface area contributed by atoms with Crippen molar-refractivity contribution in [1.82, 2.24) is 16.2 Å². The molecule has 1 aliphatic rings. The summed E-state index contributed by atoms with van der Waals surface area (Å²) >= 11 is 0. The van der Waals surface area contributed by atoms with Gasteiger partial charge in [-0.2, -0.15) is 0 Å². The number of halogens is 2. The van der Waals surface area contributed by atoms with E-state index in [1.54, 1.807) is 0 Å². The molecule has 0 unspecified atom stereocenters. The van der Waals surface area contributed by atoms with E-state index in [0.29, 0.717) is 6.54 Å². The van der Waals surface area contributed by atoms with Gasteiger partial charge in [0.25, 0.3) is 0 Å². The lowest BCUT2D eigenvalue weighted by Gasteiger charge is -2.21. The minimum absolute atomic E-state index is 0. The van der Waals surface area contributed by atoms with Crippen LogP contribution in [-0.4, -0.2) is 19.0 Å². The van der Waals surface area contributed by atoms with E-state index in [1.165, 1.54) is 0 Å². The topological polar surface area (TPSA) is 53.2 Å². The molecule has 0 bridgehead atoms. The monoisotopic (exact) mass is 305 g/mol. The molecule has 0 radical (unpaired) electrons. The van der Waals surface area contributed by atoms with Crippen LogP contribution in [0, 0.1) is 5.92 Å². The second kappa shape index (κ2) is 10.0. The number of rotatable bonds is 4. The number of carbonyl (C=O) groups excluding carboxylic acids is 1. The van der Waals surface area contributed by atoms with Crippen molar-refractivity contribution in [3.05, 3.63) is 35.9 Å². The molecule has 4 nitrogen and oxygen atoms in total. The minimum atomic E-state index is 0. The molecule has 0 atom stereocenters. The Morgan fingerprint density at radius 1 is 1.16 bits per heavy atom. The summed E-state index contributed by atoms with van der Waals surface area (Å²) in [6.07, 6.45) is 1.86. The first-order valence-corrected chi connectivity index (χ1v) is 6.13. The van der Waals surface area contributed by atoms with E-state index >= 15 is 0 Å². The molecule has 0 aromatic heterocycles. The molecule has 108 valence electrons. The van der Waals surface area contributed by atoms with E-state index in [0.717, 1.165) is 31.5 Å². The number of piperidine rings is 1. The lowest BCUT2D eigenvalue weighted by atomic mass is 9.98. The van der Waals surface area contributed by atoms with E-state index < -0.39 is 0 Å². The van der Waals surface area contributed by atoms with Crippen LogP contribution in [-0.2, 0) is 11.3 Å². The third-order valence-electron chi connectivity index (χ3n) is 3.06. The van der Waals surface area contributed by atoms with Gasteiger partial charge in [-0.05, 0) is 31.5 Å². The van der Waals surface area contributed by atoms with Crippen LogP contribution in [0.1, 0.15) is 18.4 Å². The largest absolute Gasteiger partial charge is 0.317 e. The zero-order chi connectivity index (χ0) is 11.9. The maximum absolute atomic E-state index is 11.8. The standard InChI is InChI=1S/C13H19N3O.2ClH/c17-13(12-6-8-14-9-7-12)16-15-10-11-4-2-1-3-5-11;;/h1-5,12,14-15H,6-10H2,(H,16,17);2*1H. The molecule has 19 heavy (non-hydrogen) atoms. The van der Waals surface area contributed by atoms with Crippen LogP contribution >= 0.6 is 24.8 Å². The summed E-state index contributed by atoms with van der Waals surface area (Å²) in [5.41, 5.74) is 6.93. The second-order valence-electron chi connectivity index (χ2n) is 4.35. The van der Waals surface area contributed by atoms with Crippen molar-refractivity contribution in [2.24, 2.45) is 5.92 Å². The maximum Gasteiger partial charge on any atom is 0.237 e. The summed E-state index contributed by atoms with van der Waals surface area (Å²) in [6, 6.07) is 10.0. The Labute approximate surface area is 126 Å². The van der Waals surface area contributed by atoms with Crippen LogP contribution in [0.15, 0.2) is 30.3 Å². The molecule has 1 aromatic rings. The summed E-state index contributed by atoms with van der Waals surface area (Å²) < 4.78 is 0. The molecule has 3 N–H and O–H groups in total. The second-order valence-corrected chi connectivity index (χ2v) is 4.35. The summed E-state index contributed by atoms with van der Waals surface area (Å²) in [7, 11) is 0. The third-order valence-corrected chi connectivity index (χ3v) is 3.06. The predicted molar refractivity (Wildman–Crippen MR) is 81.5 cm³/mol. The summed E-state index contributed by atoms with van der Waals surface area (Å²) in [5.74, 6) is 0.266. The molecule has 0 spiro atoms. The van der Waals surface area contributed by atoms with Crippen LogP contribution in [0.25, 0.3) is 0 Å². The molecular weight excluding hydrogens is 285 g/mol. The molecule has 1 saturated heterocycles. The molecule has 0 aliphatic carbocycles. The van der Waals surface area contributed by atoms with Gasteiger partial charge in [0.05, 0.1) is 0 Å². The highest BCUT2D eigenvalue weighted by molar-refractivity contribution is 5.85. The SMILES string of the molecule is Cl.Cl.O=C(NNCc1ccccc1)C1CCNCC1. The van der Waals surface area contributed by atoms with Gasteiger partial charge in [-0.15, -0.1) is 24.8 Å². The number of hydrogen-bond acceptors (Lipinski definition) is 3. The average molecular weight is 306 g/mol. The van der Waals surface area contributed by atoms with E-state index in [4.69, 9.17) is 0 Å². The van der Waals surface area contributed by atoms with E-state index in [1.807, 2.05) is 30.3 Å². The van der Waals surface area contributed by atoms with Gasteiger partial charge in [0.1, 0.15) is 0 Å². The van der Waals surface area contributed by atoms with Gasteiger partial charge in [0.2, 0.25) is 5.91 Å². The average Bonchev–Trinajstić information content (AvgIpc) is 2.41. The van der Waals surface area contributed by atoms with Crippen molar-refractivity contribution < 1.29 is 4.79 Å². The van der Waals surface area contributed by atoms with Gasteiger partial charge in [-0.3, -0.25) is 10.2 Å². The zero-order valence-corrected chi connectivity index (χ0v) is 12.4. The molecular formula is C13H21Cl2N3O. The van der Waals surface area contributed by atoms with Gasteiger partial charge in [-0.1, -0.05) is 30.3 Å². The first-order chi connectivity index (χ1) is 8.36. The van der Waals surface area contributed by atoms with Gasteiger partial charge in [0, 0.05) is 12.5 Å². The van der Waals surface area contributed by atoms with Crippen molar-refractivity contribution in [1.29, 1.82) is 0 Å². The van der Waals surface area contributed by atoms with Crippen molar-refractivity contribution in [2.45, 2.75) is 19.4 Å². The number of hydrogen-bond donors (Lipinski definition) is 3. The van der Waals surface area contributed by atoms with Crippen LogP contribution in [0.3, 0.4) is 0 Å². The first kappa shape index (κ1) is 18.2. The Morgan fingerprint density at radius 2 is 1.79 bits per heavy atom. The number of nitrogens with one attached hydrogen (secondary N) is 3. The highest BCUT2D eigenvalue weighted by atomic mass is 35.5. The van der Waals surface area contributed by atoms with Gasteiger partial charge >= 0.3 is 0 Å². The van der Waals surface area contributed by atoms with E-state index in [-0.39, 0.29) is 36.6 Å². The quantitative estimate of drug-likeness (QED) is 0.742. The molecule has 2 rings (SSSR count). The Morgan fingerprint density at radius 3 is 2.42 bits per heavy atom. The van der Waals surface area contributed by atoms with Crippen LogP contribution in [0.2, 0.25) is 0 Å². The molecule has 1 fully saturated rings. The highest BCUT2D eigenvalue weighted by Gasteiger charge is 2.20. The first-order valence-electron chi connectivity index (χ1n) is 6.13. The Kier molecular flexibility index (Phi) is 9.61. The van der Waals surface area contributed by atoms with Gasteiger partial charge in [0.15, 0.2) is 0 Å². The molecule has 1 aromatic carbocycles. The molecule has 1 heterocycles. The van der Waals surface area contributed by atoms with Crippen molar-refractivity contribution in [2.75, 3.05) is 13.1 Å². The summed E-state index contributed by atoms with van der Waals surface area (Å²) in [4.78, 5) is 11.8. The van der Waals surface area contributed by atoms with Crippen molar-refractivity contribution in [3.63, 3.8) is 0 Å². The van der Waals surface area contributed by atoms with Gasteiger partial charge < -0.3 is 5.32 Å². The summed E-state index contributed by atoms with van der Waals surface area (Å²) in [6.45, 7) is 2.55. The Balaban J connectivity index is 0.00000162. The summed E-state index contributed by atoms with van der Waals surface area (Å²) in [5, 5.41) is 3.25. The lowest BCUT2D eigenvalue weighted by Crippen LogP contribution is -2.44. The molecule has 6 heteroatoms. The van der Waals surface area contributed by atoms with Crippen molar-refractivity contribution in [3.8, 4) is 0 Å². The van der Waals surface area contributed by atoms with Crippen LogP contribution in [0.4, 0.5) is 0 Å². The fourth-order valence-corrected chi connectivity index (χ4v) is 2.02. The fraction of sp³-hybridized carbons (Fsp3) is 0.462. The third kappa shape index (κ3) is 6.25. The smallest absolute Gasteiger partial charge is 0.237 e. The van der Waals surface area contributed by atoms with Gasteiger partial charge in [-0.25, -0.2) is 5.43 Å². The number of carbonyl (C=O) groups is 1. The lowest BCUT2D eigenvalue weighted by molar-refractivity contribution is -0.126. The predicted octanol–water partition coefficient (Wildman–Crippen LogP) is 1.65. The Bertz CT molecular complexity index is 356. The number of amides is 1. The molecule has 1 amide bonds. The number of hydrazine groups is 1. The number of benzene rings is 1. The van der Waals surface area contributed by atoms with E-state index in [9.17, 15) is 4.79 Å². The van der Waals surface area contributed by atoms with Crippen LogP contribution < -0.4 is 16.2 Å². The highest BCUT2D eigenvalue weighted by Crippen LogP contribution is 2.10. The molecule has 0 saturated carbocycles. The fourth-order valence-electron chi connectivity index (χ4n) is 2.02. The van der Waals surface area contributed by atoms with Crippen molar-refractivity contribution >= 4 is 30.7 Å². The molecule has 1 aliphatic heterocycles.